The number of thioether (sulfide) groups is 1. The number of hydrogen-bond donors (Lipinski definition) is 3. The molecule has 2 atom stereocenters. The summed E-state index contributed by atoms with van der Waals surface area (Å²) in [5.74, 6) is -0.235. The van der Waals surface area contributed by atoms with Crippen LogP contribution in [0.1, 0.15) is 17.2 Å². The first-order valence-electron chi connectivity index (χ1n) is 8.92. The molecule has 3 N–H and O–H groups in total. The number of nitrogens with one attached hydrogen (secondary N) is 2. The molecule has 8 heteroatoms. The normalized spacial score (nSPS) is 17.8. The van der Waals surface area contributed by atoms with Crippen molar-refractivity contribution in [3.05, 3.63) is 64.7 Å². The highest BCUT2D eigenvalue weighted by molar-refractivity contribution is 8.15. The van der Waals surface area contributed by atoms with E-state index in [4.69, 9.17) is 11.6 Å². The molecule has 0 aliphatic carbocycles. The van der Waals surface area contributed by atoms with Gasteiger partial charge in [0.2, 0.25) is 0 Å². The number of hydrogen-bond acceptors (Lipinski definition) is 6. The van der Waals surface area contributed by atoms with Crippen molar-refractivity contribution in [2.75, 3.05) is 25.5 Å². The van der Waals surface area contributed by atoms with Gasteiger partial charge < -0.3 is 15.7 Å². The summed E-state index contributed by atoms with van der Waals surface area (Å²) < 4.78 is 0. The SMILES string of the molecule is CN1C(=O)SC(Nc2ccc(CCNCC(O)c3cccc(Cl)c3)cc2)C1=O. The first kappa shape index (κ1) is 20.7. The Balaban J connectivity index is 1.42. The molecule has 2 unspecified atom stereocenters. The van der Waals surface area contributed by atoms with Gasteiger partial charge in [0.15, 0.2) is 5.37 Å². The first-order chi connectivity index (χ1) is 13.4. The van der Waals surface area contributed by atoms with E-state index in [2.05, 4.69) is 10.6 Å². The molecule has 1 fully saturated rings. The van der Waals surface area contributed by atoms with E-state index >= 15 is 0 Å². The Bertz CT molecular complexity index is 847. The molecule has 28 heavy (non-hydrogen) atoms. The van der Waals surface area contributed by atoms with Gasteiger partial charge in [-0.15, -0.1) is 0 Å². The lowest BCUT2D eigenvalue weighted by molar-refractivity contribution is -0.125. The minimum absolute atomic E-state index is 0.235. The average molecular weight is 420 g/mol. The molecule has 1 aliphatic heterocycles. The van der Waals surface area contributed by atoms with Crippen molar-refractivity contribution in [3.8, 4) is 0 Å². The van der Waals surface area contributed by atoms with Gasteiger partial charge in [-0.2, -0.15) is 0 Å². The van der Waals surface area contributed by atoms with Crippen molar-refractivity contribution in [2.24, 2.45) is 0 Å². The van der Waals surface area contributed by atoms with Crippen LogP contribution in [0, 0.1) is 0 Å². The molecular weight excluding hydrogens is 398 g/mol. The maximum Gasteiger partial charge on any atom is 0.290 e. The number of nitrogens with zero attached hydrogens (tertiary/aromatic N) is 1. The van der Waals surface area contributed by atoms with E-state index in [1.165, 1.54) is 7.05 Å². The number of carbonyl (C=O) groups excluding carboxylic acids is 2. The number of amides is 2. The number of anilines is 1. The lowest BCUT2D eigenvalue weighted by Gasteiger charge is -2.13. The number of likely N-dealkylation sites (N-methyl/N-ethyl adjacent to an activating group) is 1. The summed E-state index contributed by atoms with van der Waals surface area (Å²) in [7, 11) is 1.48. The monoisotopic (exact) mass is 419 g/mol. The van der Waals surface area contributed by atoms with E-state index < -0.39 is 11.5 Å². The Labute approximate surface area is 173 Å². The second kappa shape index (κ2) is 9.43. The third-order valence-corrected chi connectivity index (χ3v) is 5.73. The number of benzene rings is 2. The molecule has 1 saturated heterocycles. The number of halogens is 1. The molecule has 2 amide bonds. The average Bonchev–Trinajstić information content (AvgIpc) is 2.93. The molecule has 3 rings (SSSR count). The third kappa shape index (κ3) is 5.26. The Morgan fingerprint density at radius 2 is 1.96 bits per heavy atom. The maximum atomic E-state index is 11.9. The Kier molecular flexibility index (Phi) is 6.96. The molecule has 6 nitrogen and oxygen atoms in total. The highest BCUT2D eigenvalue weighted by Gasteiger charge is 2.37. The third-order valence-electron chi connectivity index (χ3n) is 4.46. The largest absolute Gasteiger partial charge is 0.387 e. The van der Waals surface area contributed by atoms with Crippen LogP contribution < -0.4 is 10.6 Å². The first-order valence-corrected chi connectivity index (χ1v) is 10.2. The molecule has 0 radical (unpaired) electrons. The van der Waals surface area contributed by atoms with E-state index in [1.54, 1.807) is 12.1 Å². The Hall–Kier alpha value is -2.06. The molecule has 2 aromatic carbocycles. The molecule has 1 aliphatic rings. The van der Waals surface area contributed by atoms with Crippen molar-refractivity contribution in [3.63, 3.8) is 0 Å². The van der Waals surface area contributed by atoms with Crippen LogP contribution >= 0.6 is 23.4 Å². The van der Waals surface area contributed by atoms with Crippen LogP contribution in [0.15, 0.2) is 48.5 Å². The number of aliphatic hydroxyl groups excluding tert-OH is 1. The van der Waals surface area contributed by atoms with Gasteiger partial charge in [-0.05, 0) is 60.1 Å². The zero-order valence-corrected chi connectivity index (χ0v) is 17.0. The van der Waals surface area contributed by atoms with Crippen LogP contribution in [0.5, 0.6) is 0 Å². The number of carbonyl (C=O) groups is 2. The maximum absolute atomic E-state index is 11.9. The van der Waals surface area contributed by atoms with Crippen molar-refractivity contribution in [2.45, 2.75) is 17.9 Å². The predicted octanol–water partition coefficient (Wildman–Crippen LogP) is 3.27. The lowest BCUT2D eigenvalue weighted by atomic mass is 10.1. The Morgan fingerprint density at radius 1 is 1.21 bits per heavy atom. The topological polar surface area (TPSA) is 81.7 Å². The molecular formula is C20H22ClN3O3S. The van der Waals surface area contributed by atoms with Crippen LogP contribution in [0.4, 0.5) is 10.5 Å². The minimum Gasteiger partial charge on any atom is -0.387 e. The summed E-state index contributed by atoms with van der Waals surface area (Å²) in [6, 6.07) is 15.0. The summed E-state index contributed by atoms with van der Waals surface area (Å²) in [6.45, 7) is 1.17. The summed E-state index contributed by atoms with van der Waals surface area (Å²) in [5, 5.41) is 16.3. The fourth-order valence-electron chi connectivity index (χ4n) is 2.81. The fourth-order valence-corrected chi connectivity index (χ4v) is 3.91. The molecule has 1 heterocycles. The van der Waals surface area contributed by atoms with E-state index in [0.717, 1.165) is 46.4 Å². The van der Waals surface area contributed by atoms with E-state index in [-0.39, 0.29) is 11.1 Å². The molecule has 0 bridgehead atoms. The fraction of sp³-hybridized carbons (Fsp3) is 0.300. The second-order valence-electron chi connectivity index (χ2n) is 6.53. The van der Waals surface area contributed by atoms with Crippen molar-refractivity contribution in [1.82, 2.24) is 10.2 Å². The number of aliphatic hydroxyl groups is 1. The van der Waals surface area contributed by atoms with Gasteiger partial charge in [0.1, 0.15) is 0 Å². The van der Waals surface area contributed by atoms with Gasteiger partial charge in [0.05, 0.1) is 6.10 Å². The summed E-state index contributed by atoms with van der Waals surface area (Å²) >= 11 is 6.93. The van der Waals surface area contributed by atoms with Gasteiger partial charge >= 0.3 is 0 Å². The van der Waals surface area contributed by atoms with Gasteiger partial charge in [-0.1, -0.05) is 35.9 Å². The second-order valence-corrected chi connectivity index (χ2v) is 8.02. The molecule has 0 aromatic heterocycles. The smallest absolute Gasteiger partial charge is 0.290 e. The van der Waals surface area contributed by atoms with Crippen LogP contribution in [-0.4, -0.2) is 46.7 Å². The van der Waals surface area contributed by atoms with Gasteiger partial charge in [0, 0.05) is 24.3 Å². The van der Waals surface area contributed by atoms with Crippen molar-refractivity contribution < 1.29 is 14.7 Å². The Morgan fingerprint density at radius 3 is 2.61 bits per heavy atom. The van der Waals surface area contributed by atoms with Crippen LogP contribution in [0.25, 0.3) is 0 Å². The molecule has 2 aromatic rings. The van der Waals surface area contributed by atoms with E-state index in [0.29, 0.717) is 11.6 Å². The van der Waals surface area contributed by atoms with Crippen molar-refractivity contribution >= 4 is 40.2 Å². The minimum atomic E-state index is -0.604. The number of imide groups is 1. The standard InChI is InChI=1S/C20H22ClN3O3S/c1-24-19(26)18(28-20(24)27)23-16-7-5-13(6-8-16)9-10-22-12-17(25)14-3-2-4-15(21)11-14/h2-8,11,17-18,22-23,25H,9-10,12H2,1H3. The van der Waals surface area contributed by atoms with Gasteiger partial charge in [-0.25, -0.2) is 0 Å². The zero-order chi connectivity index (χ0) is 20.1. The van der Waals surface area contributed by atoms with Gasteiger partial charge in [0.25, 0.3) is 11.1 Å². The molecule has 0 saturated carbocycles. The number of rotatable bonds is 8. The van der Waals surface area contributed by atoms with E-state index in [9.17, 15) is 14.7 Å². The lowest BCUT2D eigenvalue weighted by Crippen LogP contribution is -2.31. The predicted molar refractivity (Wildman–Crippen MR) is 113 cm³/mol. The van der Waals surface area contributed by atoms with Crippen LogP contribution in [-0.2, 0) is 11.2 Å². The van der Waals surface area contributed by atoms with Crippen LogP contribution in [0.2, 0.25) is 5.02 Å². The van der Waals surface area contributed by atoms with E-state index in [1.807, 2.05) is 36.4 Å². The highest BCUT2D eigenvalue weighted by Crippen LogP contribution is 2.27. The summed E-state index contributed by atoms with van der Waals surface area (Å²) in [6.07, 6.45) is 0.202. The molecule has 0 spiro atoms. The quantitative estimate of drug-likeness (QED) is 0.570. The zero-order valence-electron chi connectivity index (χ0n) is 15.4. The molecule has 148 valence electrons. The highest BCUT2D eigenvalue weighted by atomic mass is 35.5. The summed E-state index contributed by atoms with van der Waals surface area (Å²) in [5.41, 5.74) is 2.72. The summed E-state index contributed by atoms with van der Waals surface area (Å²) in [4.78, 5) is 24.6. The van der Waals surface area contributed by atoms with Crippen LogP contribution in [0.3, 0.4) is 0 Å². The van der Waals surface area contributed by atoms with Crippen molar-refractivity contribution in [1.29, 1.82) is 0 Å². The van der Waals surface area contributed by atoms with Gasteiger partial charge in [-0.3, -0.25) is 14.5 Å².